The second-order valence-electron chi connectivity index (χ2n) is 10.4. The molecule has 2 aromatic heterocycles. The maximum atomic E-state index is 14.4. The van der Waals surface area contributed by atoms with Crippen LogP contribution in [0.3, 0.4) is 0 Å². The third-order valence-electron chi connectivity index (χ3n) is 7.29. The van der Waals surface area contributed by atoms with Gasteiger partial charge in [0.25, 0.3) is 0 Å². The topological polar surface area (TPSA) is 90.2 Å². The summed E-state index contributed by atoms with van der Waals surface area (Å²) in [6.07, 6.45) is 3.82. The van der Waals surface area contributed by atoms with Gasteiger partial charge in [-0.3, -0.25) is 4.98 Å². The number of ether oxygens (including phenoxy) is 1. The standard InChI is InChI=1S/C33H33ClFN5O3S/c1-24-9-8-13-28(37-24)21-39-23-36-38-33(39)22-40(18-7-6-12-25-10-4-3-5-11-25)44(41,42)32-20-27(15-17-31(32)43-2)26-14-16-30(35)29(34)19-26/h3-5,8-11,13-17,19-20,23H,6-7,12,18,21-22H2,1-2H3. The van der Waals surface area contributed by atoms with Crippen LogP contribution >= 0.6 is 11.6 Å². The van der Waals surface area contributed by atoms with Crippen molar-refractivity contribution in [3.05, 3.63) is 125 Å². The van der Waals surface area contributed by atoms with Gasteiger partial charge in [0.15, 0.2) is 0 Å². The zero-order valence-corrected chi connectivity index (χ0v) is 26.1. The number of benzene rings is 3. The van der Waals surface area contributed by atoms with E-state index < -0.39 is 15.8 Å². The van der Waals surface area contributed by atoms with Gasteiger partial charge in [0.2, 0.25) is 10.0 Å². The Bertz CT molecular complexity index is 1830. The van der Waals surface area contributed by atoms with Crippen molar-refractivity contribution in [3.63, 3.8) is 0 Å². The van der Waals surface area contributed by atoms with Crippen molar-refractivity contribution in [2.45, 2.75) is 44.2 Å². The van der Waals surface area contributed by atoms with E-state index in [4.69, 9.17) is 16.3 Å². The van der Waals surface area contributed by atoms with Crippen molar-refractivity contribution in [1.29, 1.82) is 0 Å². The molecule has 0 saturated carbocycles. The lowest BCUT2D eigenvalue weighted by atomic mass is 10.1. The Morgan fingerprint density at radius 2 is 1.73 bits per heavy atom. The summed E-state index contributed by atoms with van der Waals surface area (Å²) in [5, 5.41) is 8.31. The number of rotatable bonds is 13. The number of methoxy groups -OCH3 is 1. The molecule has 0 bridgehead atoms. The van der Waals surface area contributed by atoms with E-state index in [2.05, 4.69) is 27.3 Å². The summed E-state index contributed by atoms with van der Waals surface area (Å²) in [6.45, 7) is 2.56. The smallest absolute Gasteiger partial charge is 0.247 e. The molecule has 0 N–H and O–H groups in total. The molecule has 0 atom stereocenters. The molecule has 0 aliphatic carbocycles. The zero-order chi connectivity index (χ0) is 31.1. The van der Waals surface area contributed by atoms with Crippen molar-refractivity contribution < 1.29 is 17.5 Å². The molecule has 0 fully saturated rings. The molecule has 228 valence electrons. The van der Waals surface area contributed by atoms with E-state index in [0.717, 1.165) is 24.2 Å². The summed E-state index contributed by atoms with van der Waals surface area (Å²) in [5.74, 6) is 0.130. The molecular weight excluding hydrogens is 601 g/mol. The summed E-state index contributed by atoms with van der Waals surface area (Å²) in [5.41, 5.74) is 4.03. The molecule has 3 aromatic carbocycles. The number of hydrogen-bond donors (Lipinski definition) is 0. The average molecular weight is 634 g/mol. The van der Waals surface area contributed by atoms with Gasteiger partial charge < -0.3 is 9.30 Å². The Labute approximate surface area is 262 Å². The fourth-order valence-corrected chi connectivity index (χ4v) is 6.77. The summed E-state index contributed by atoms with van der Waals surface area (Å²) >= 11 is 6.03. The first-order valence-electron chi connectivity index (χ1n) is 14.2. The lowest BCUT2D eigenvalue weighted by Gasteiger charge is -2.24. The molecule has 0 unspecified atom stereocenters. The number of hydrogen-bond acceptors (Lipinski definition) is 6. The van der Waals surface area contributed by atoms with E-state index in [0.29, 0.717) is 29.9 Å². The van der Waals surface area contributed by atoms with Gasteiger partial charge >= 0.3 is 0 Å². The Balaban J connectivity index is 1.46. The third-order valence-corrected chi connectivity index (χ3v) is 9.45. The summed E-state index contributed by atoms with van der Waals surface area (Å²) in [7, 11) is -2.68. The van der Waals surface area contributed by atoms with Crippen LogP contribution < -0.4 is 4.74 Å². The average Bonchev–Trinajstić information content (AvgIpc) is 3.46. The van der Waals surface area contributed by atoms with Crippen LogP contribution in [0.15, 0.2) is 96.2 Å². The monoisotopic (exact) mass is 633 g/mol. The maximum absolute atomic E-state index is 14.4. The van der Waals surface area contributed by atoms with Gasteiger partial charge in [-0.25, -0.2) is 12.8 Å². The molecule has 11 heteroatoms. The summed E-state index contributed by atoms with van der Waals surface area (Å²) in [6, 6.07) is 25.0. The summed E-state index contributed by atoms with van der Waals surface area (Å²) < 4.78 is 51.4. The maximum Gasteiger partial charge on any atom is 0.247 e. The molecule has 0 aliphatic heterocycles. The highest BCUT2D eigenvalue weighted by molar-refractivity contribution is 7.89. The van der Waals surface area contributed by atoms with Crippen molar-refractivity contribution in [2.75, 3.05) is 13.7 Å². The zero-order valence-electron chi connectivity index (χ0n) is 24.5. The van der Waals surface area contributed by atoms with Crippen LogP contribution in [0.25, 0.3) is 11.1 Å². The number of halogens is 2. The van der Waals surface area contributed by atoms with Gasteiger partial charge in [0, 0.05) is 12.2 Å². The predicted octanol–water partition coefficient (Wildman–Crippen LogP) is 6.71. The van der Waals surface area contributed by atoms with Gasteiger partial charge in [-0.1, -0.05) is 60.1 Å². The molecular formula is C33H33ClFN5O3S. The van der Waals surface area contributed by atoms with Gasteiger partial charge in [0.1, 0.15) is 28.6 Å². The molecule has 5 aromatic rings. The molecule has 8 nitrogen and oxygen atoms in total. The molecule has 0 saturated heterocycles. The molecule has 0 aliphatic rings. The second-order valence-corrected chi connectivity index (χ2v) is 12.7. The SMILES string of the molecule is COc1ccc(-c2ccc(F)c(Cl)c2)cc1S(=O)(=O)N(CCCCc1ccccc1)Cc1nncn1Cc1cccc(C)n1. The number of aromatic nitrogens is 4. The first kappa shape index (κ1) is 31.3. The van der Waals surface area contributed by atoms with E-state index in [1.54, 1.807) is 24.5 Å². The minimum Gasteiger partial charge on any atom is -0.495 e. The predicted molar refractivity (Wildman–Crippen MR) is 168 cm³/mol. The minimum atomic E-state index is -4.11. The Kier molecular flexibility index (Phi) is 10.0. The van der Waals surface area contributed by atoms with Crippen LogP contribution in [0, 0.1) is 12.7 Å². The molecule has 0 radical (unpaired) electrons. The van der Waals surface area contributed by atoms with E-state index in [1.807, 2.05) is 47.9 Å². The summed E-state index contributed by atoms with van der Waals surface area (Å²) in [4.78, 5) is 4.56. The third kappa shape index (κ3) is 7.50. The fraction of sp³-hybridized carbons (Fsp3) is 0.242. The highest BCUT2D eigenvalue weighted by Gasteiger charge is 2.30. The van der Waals surface area contributed by atoms with Gasteiger partial charge in [-0.05, 0) is 79.3 Å². The fourth-order valence-electron chi connectivity index (χ4n) is 4.97. The Morgan fingerprint density at radius 1 is 0.955 bits per heavy atom. The van der Waals surface area contributed by atoms with E-state index in [-0.39, 0.29) is 28.8 Å². The van der Waals surface area contributed by atoms with Crippen molar-refractivity contribution in [2.24, 2.45) is 0 Å². The van der Waals surface area contributed by atoms with Crippen molar-refractivity contribution in [1.82, 2.24) is 24.1 Å². The van der Waals surface area contributed by atoms with Gasteiger partial charge in [-0.2, -0.15) is 4.31 Å². The van der Waals surface area contributed by atoms with Crippen molar-refractivity contribution >= 4 is 21.6 Å². The first-order chi connectivity index (χ1) is 21.2. The van der Waals surface area contributed by atoms with Gasteiger partial charge in [0.05, 0.1) is 30.9 Å². The van der Waals surface area contributed by atoms with Crippen LogP contribution in [0.4, 0.5) is 4.39 Å². The minimum absolute atomic E-state index is 0.00472. The van der Waals surface area contributed by atoms with Crippen LogP contribution in [-0.2, 0) is 29.5 Å². The lowest BCUT2D eigenvalue weighted by molar-refractivity contribution is 0.371. The molecule has 0 spiro atoms. The number of unbranched alkanes of at least 4 members (excludes halogenated alkanes) is 1. The number of aryl methyl sites for hydroxylation is 2. The second kappa shape index (κ2) is 14.1. The first-order valence-corrected chi connectivity index (χ1v) is 16.0. The van der Waals surface area contributed by atoms with E-state index in [1.165, 1.54) is 35.2 Å². The Morgan fingerprint density at radius 3 is 2.48 bits per heavy atom. The quantitative estimate of drug-likeness (QED) is 0.134. The van der Waals surface area contributed by atoms with Gasteiger partial charge in [-0.15, -0.1) is 10.2 Å². The van der Waals surface area contributed by atoms with Crippen molar-refractivity contribution in [3.8, 4) is 16.9 Å². The van der Waals surface area contributed by atoms with Crippen LogP contribution in [-0.4, -0.2) is 46.1 Å². The van der Waals surface area contributed by atoms with Crippen LogP contribution in [0.5, 0.6) is 5.75 Å². The van der Waals surface area contributed by atoms with Crippen LogP contribution in [0.1, 0.15) is 35.6 Å². The number of pyridine rings is 1. The van der Waals surface area contributed by atoms with Crippen LogP contribution in [0.2, 0.25) is 5.02 Å². The van der Waals surface area contributed by atoms with E-state index in [9.17, 15) is 12.8 Å². The molecule has 0 amide bonds. The number of sulfonamides is 1. The molecule has 44 heavy (non-hydrogen) atoms. The highest BCUT2D eigenvalue weighted by Crippen LogP contribution is 2.34. The molecule has 2 heterocycles. The Hall–Kier alpha value is -4.12. The molecule has 5 rings (SSSR count). The van der Waals surface area contributed by atoms with E-state index >= 15 is 0 Å². The number of nitrogens with zero attached hydrogens (tertiary/aromatic N) is 5. The normalized spacial score (nSPS) is 11.7. The largest absolute Gasteiger partial charge is 0.495 e. The lowest BCUT2D eigenvalue weighted by Crippen LogP contribution is -2.33. The highest BCUT2D eigenvalue weighted by atomic mass is 35.5.